The highest BCUT2D eigenvalue weighted by Gasteiger charge is 2.49. The maximum Gasteiger partial charge on any atom is 0.116 e. The number of rotatable bonds is 2. The normalized spacial score (nSPS) is 35.6. The zero-order valence-corrected chi connectivity index (χ0v) is 9.33. The Morgan fingerprint density at radius 2 is 1.80 bits per heavy atom. The molecule has 0 saturated carbocycles. The molecule has 2 fully saturated rings. The fraction of sp³-hybridized carbons (Fsp3) is 1.00. The number of hydrogen-bond donors (Lipinski definition) is 1. The van der Waals surface area contributed by atoms with Gasteiger partial charge < -0.3 is 19.3 Å². The van der Waals surface area contributed by atoms with Crippen LogP contribution in [0.5, 0.6) is 0 Å². The van der Waals surface area contributed by atoms with E-state index in [0.29, 0.717) is 26.4 Å². The summed E-state index contributed by atoms with van der Waals surface area (Å²) < 4.78 is 17.0. The van der Waals surface area contributed by atoms with Crippen molar-refractivity contribution in [3.05, 3.63) is 0 Å². The summed E-state index contributed by atoms with van der Waals surface area (Å²) in [5, 5.41) is 9.39. The molecule has 4 nitrogen and oxygen atoms in total. The molecule has 0 bridgehead atoms. The quantitative estimate of drug-likeness (QED) is 0.739. The van der Waals surface area contributed by atoms with Crippen LogP contribution in [0.2, 0.25) is 0 Å². The Morgan fingerprint density at radius 1 is 1.13 bits per heavy atom. The van der Waals surface area contributed by atoms with Gasteiger partial charge in [-0.15, -0.1) is 0 Å². The van der Waals surface area contributed by atoms with E-state index in [1.165, 1.54) is 0 Å². The minimum atomic E-state index is -0.364. The van der Waals surface area contributed by atoms with E-state index in [1.807, 2.05) is 6.92 Å². The summed E-state index contributed by atoms with van der Waals surface area (Å²) in [4.78, 5) is 0. The number of aliphatic hydroxyl groups excluding tert-OH is 1. The third kappa shape index (κ3) is 2.18. The average Bonchev–Trinajstić information content (AvgIpc) is 2.47. The Hall–Kier alpha value is -0.160. The monoisotopic (exact) mass is 216 g/mol. The van der Waals surface area contributed by atoms with E-state index in [-0.39, 0.29) is 17.8 Å². The van der Waals surface area contributed by atoms with Gasteiger partial charge in [0.2, 0.25) is 0 Å². The summed E-state index contributed by atoms with van der Waals surface area (Å²) in [7, 11) is 0. The van der Waals surface area contributed by atoms with E-state index in [9.17, 15) is 5.11 Å². The van der Waals surface area contributed by atoms with E-state index in [4.69, 9.17) is 14.2 Å². The molecular formula is C11H20O4. The molecule has 2 saturated heterocycles. The predicted molar refractivity (Wildman–Crippen MR) is 54.8 cm³/mol. The van der Waals surface area contributed by atoms with Gasteiger partial charge in [-0.3, -0.25) is 0 Å². The first-order valence-corrected chi connectivity index (χ1v) is 5.71. The number of ether oxygens (including phenoxy) is 3. The molecule has 2 rings (SSSR count). The molecule has 1 unspecified atom stereocenters. The highest BCUT2D eigenvalue weighted by molar-refractivity contribution is 4.97. The van der Waals surface area contributed by atoms with Crippen molar-refractivity contribution in [3.63, 3.8) is 0 Å². The third-order valence-electron chi connectivity index (χ3n) is 3.50. The molecule has 0 amide bonds. The van der Waals surface area contributed by atoms with Gasteiger partial charge in [0.25, 0.3) is 0 Å². The average molecular weight is 216 g/mol. The van der Waals surface area contributed by atoms with Crippen LogP contribution in [0.25, 0.3) is 0 Å². The van der Waals surface area contributed by atoms with Crippen LogP contribution in [-0.2, 0) is 14.2 Å². The van der Waals surface area contributed by atoms with Crippen molar-refractivity contribution in [2.24, 2.45) is 0 Å². The summed E-state index contributed by atoms with van der Waals surface area (Å²) in [6.07, 6.45) is 2.65. The van der Waals surface area contributed by atoms with Crippen molar-refractivity contribution in [1.82, 2.24) is 0 Å². The Labute approximate surface area is 90.5 Å². The van der Waals surface area contributed by atoms with Crippen molar-refractivity contribution < 1.29 is 19.3 Å². The fourth-order valence-corrected chi connectivity index (χ4v) is 2.37. The van der Waals surface area contributed by atoms with E-state index < -0.39 is 0 Å². The van der Waals surface area contributed by atoms with E-state index in [1.54, 1.807) is 0 Å². The van der Waals surface area contributed by atoms with Crippen LogP contribution >= 0.6 is 0 Å². The molecule has 1 spiro atoms. The highest BCUT2D eigenvalue weighted by atomic mass is 16.6. The van der Waals surface area contributed by atoms with Gasteiger partial charge >= 0.3 is 0 Å². The van der Waals surface area contributed by atoms with Gasteiger partial charge in [0.1, 0.15) is 5.60 Å². The van der Waals surface area contributed by atoms with Crippen LogP contribution in [0.3, 0.4) is 0 Å². The van der Waals surface area contributed by atoms with E-state index in [2.05, 4.69) is 0 Å². The zero-order chi connectivity index (χ0) is 10.8. The first kappa shape index (κ1) is 11.3. The molecule has 0 radical (unpaired) electrons. The first-order chi connectivity index (χ1) is 7.24. The van der Waals surface area contributed by atoms with Gasteiger partial charge in [-0.1, -0.05) is 6.92 Å². The zero-order valence-electron chi connectivity index (χ0n) is 9.33. The number of aliphatic hydroxyl groups is 1. The van der Waals surface area contributed by atoms with Gasteiger partial charge in [0.05, 0.1) is 38.6 Å². The smallest absolute Gasteiger partial charge is 0.116 e. The molecular weight excluding hydrogens is 196 g/mol. The van der Waals surface area contributed by atoms with Crippen molar-refractivity contribution in [1.29, 1.82) is 0 Å². The lowest BCUT2D eigenvalue weighted by molar-refractivity contribution is -0.158. The number of hydrogen-bond acceptors (Lipinski definition) is 4. The fourth-order valence-electron chi connectivity index (χ4n) is 2.37. The van der Waals surface area contributed by atoms with Crippen molar-refractivity contribution >= 4 is 0 Å². The topological polar surface area (TPSA) is 47.9 Å². The molecule has 1 atom stereocenters. The van der Waals surface area contributed by atoms with Gasteiger partial charge in [0, 0.05) is 0 Å². The minimum Gasteiger partial charge on any atom is -0.393 e. The lowest BCUT2D eigenvalue weighted by Gasteiger charge is -2.32. The summed E-state index contributed by atoms with van der Waals surface area (Å²) in [6, 6.07) is 0. The molecule has 0 aromatic heterocycles. The Bertz CT molecular complexity index is 205. The van der Waals surface area contributed by atoms with Crippen LogP contribution in [0, 0.1) is 0 Å². The van der Waals surface area contributed by atoms with Gasteiger partial charge in [-0.2, -0.15) is 0 Å². The van der Waals surface area contributed by atoms with Gasteiger partial charge in [-0.05, 0) is 19.3 Å². The Morgan fingerprint density at radius 3 is 2.27 bits per heavy atom. The maximum atomic E-state index is 9.39. The minimum absolute atomic E-state index is 0.0885. The molecule has 2 aliphatic heterocycles. The highest BCUT2D eigenvalue weighted by Crippen LogP contribution is 2.40. The van der Waals surface area contributed by atoms with Crippen LogP contribution in [-0.4, -0.2) is 49.3 Å². The van der Waals surface area contributed by atoms with Crippen LogP contribution in [0.1, 0.15) is 26.2 Å². The molecule has 0 aliphatic carbocycles. The molecule has 2 heterocycles. The predicted octanol–water partition coefficient (Wildman–Crippen LogP) is 0.724. The second-order valence-corrected chi connectivity index (χ2v) is 4.58. The van der Waals surface area contributed by atoms with Crippen molar-refractivity contribution in [3.8, 4) is 0 Å². The summed E-state index contributed by atoms with van der Waals surface area (Å²) >= 11 is 0. The second-order valence-electron chi connectivity index (χ2n) is 4.58. The summed E-state index contributed by atoms with van der Waals surface area (Å²) in [5.41, 5.74) is -0.674. The van der Waals surface area contributed by atoms with Crippen LogP contribution in [0.15, 0.2) is 0 Å². The van der Waals surface area contributed by atoms with Crippen LogP contribution < -0.4 is 0 Å². The van der Waals surface area contributed by atoms with E-state index >= 15 is 0 Å². The lowest BCUT2D eigenvalue weighted by atomic mass is 9.95. The summed E-state index contributed by atoms with van der Waals surface area (Å²) in [6.45, 7) is 4.61. The van der Waals surface area contributed by atoms with E-state index in [0.717, 1.165) is 19.3 Å². The molecule has 2 aliphatic rings. The van der Waals surface area contributed by atoms with Gasteiger partial charge in [0.15, 0.2) is 0 Å². The SMILES string of the molecule is CCC1(CO)CCC2(COCCOC2)O1. The molecule has 1 N–H and O–H groups in total. The third-order valence-corrected chi connectivity index (χ3v) is 3.50. The molecule has 88 valence electrons. The van der Waals surface area contributed by atoms with Crippen molar-refractivity contribution in [2.45, 2.75) is 37.4 Å². The molecule has 4 heteroatoms. The molecule has 15 heavy (non-hydrogen) atoms. The molecule has 0 aromatic rings. The Kier molecular flexibility index (Phi) is 3.30. The van der Waals surface area contributed by atoms with Gasteiger partial charge in [-0.25, -0.2) is 0 Å². The lowest BCUT2D eigenvalue weighted by Crippen LogP contribution is -2.43. The Balaban J connectivity index is 2.05. The van der Waals surface area contributed by atoms with Crippen molar-refractivity contribution in [2.75, 3.05) is 33.0 Å². The largest absolute Gasteiger partial charge is 0.393 e. The standard InChI is InChI=1S/C11H20O4/c1-2-10(7-12)3-4-11(15-10)8-13-5-6-14-9-11/h12H,2-9H2,1H3. The van der Waals surface area contributed by atoms with Crippen LogP contribution in [0.4, 0.5) is 0 Å². The molecule has 0 aromatic carbocycles. The summed E-state index contributed by atoms with van der Waals surface area (Å²) in [5.74, 6) is 0. The first-order valence-electron chi connectivity index (χ1n) is 5.71. The maximum absolute atomic E-state index is 9.39. The second kappa shape index (κ2) is 4.37.